The average Bonchev–Trinajstić information content (AvgIpc) is 3.54. The second-order valence-electron chi connectivity index (χ2n) is 8.32. The molecule has 0 spiro atoms. The molecule has 3 aliphatic heterocycles. The summed E-state index contributed by atoms with van der Waals surface area (Å²) in [6.45, 7) is 3.30. The zero-order valence-electron chi connectivity index (χ0n) is 20.9. The Bertz CT molecular complexity index is 1500. The van der Waals surface area contributed by atoms with Crippen LogP contribution in [0, 0.1) is 0 Å². The first kappa shape index (κ1) is 45.8. The molecule has 15 nitrogen and oxygen atoms in total. The van der Waals surface area contributed by atoms with E-state index in [2.05, 4.69) is 31.2 Å². The van der Waals surface area contributed by atoms with Crippen LogP contribution in [0.1, 0.15) is 56.1 Å². The van der Waals surface area contributed by atoms with Crippen LogP contribution in [0.4, 0.5) is 0 Å². The van der Waals surface area contributed by atoms with Crippen LogP contribution in [-0.4, -0.2) is 71.6 Å². The maximum atomic E-state index is 11.1. The molecule has 6 heterocycles. The number of rotatable bonds is 3. The summed E-state index contributed by atoms with van der Waals surface area (Å²) >= 11 is 0. The van der Waals surface area contributed by atoms with E-state index in [0.29, 0.717) is 45.0 Å². The molecular formula is C21H36N9O6S3W3-3. The van der Waals surface area contributed by atoms with Gasteiger partial charge in [-0.05, 0) is 16.7 Å². The third-order valence-electron chi connectivity index (χ3n) is 5.26. The molecule has 21 heteroatoms. The molecule has 3 aromatic rings. The van der Waals surface area contributed by atoms with Crippen molar-refractivity contribution in [1.82, 2.24) is 27.6 Å². The number of hydrogen-bond acceptors (Lipinski definition) is 9. The summed E-state index contributed by atoms with van der Waals surface area (Å²) in [5.41, 5.74) is 5.01. The fourth-order valence-corrected chi connectivity index (χ4v) is 5.45. The Morgan fingerprint density at radius 3 is 1.33 bits per heavy atom. The summed E-state index contributed by atoms with van der Waals surface area (Å²) in [6.07, 6.45) is 8.02. The fraction of sp³-hybridized carbons (Fsp3) is 0.571. The first-order valence-corrected chi connectivity index (χ1v) is 16.0. The molecule has 0 aliphatic carbocycles. The van der Waals surface area contributed by atoms with Crippen molar-refractivity contribution in [1.29, 1.82) is 0 Å². The summed E-state index contributed by atoms with van der Waals surface area (Å²) in [5.74, 6) is 0. The van der Waals surface area contributed by atoms with E-state index in [-0.39, 0.29) is 85.5 Å². The first-order chi connectivity index (χ1) is 16.7. The van der Waals surface area contributed by atoms with Gasteiger partial charge in [0, 0.05) is 92.7 Å². The Labute approximate surface area is 292 Å². The standard InChI is InChI=1S/3C6H8N3O2S.3CH4.3W/c2*1-12(10,11)9-4-5-2-7-3-6(5)8-9;1-12(10,11)9-6-4-7-2-5(6)3-8-9;;;;;;/h2*4H,2-3H2,1H3;3H,2,4H2,1H3;3*1H4;;;/q3*-1;;;;;;. The maximum absolute atomic E-state index is 11.1. The van der Waals surface area contributed by atoms with Gasteiger partial charge in [-0.25, -0.2) is 25.3 Å². The number of hydrogen-bond donors (Lipinski definition) is 0. The molecule has 0 atom stereocenters. The van der Waals surface area contributed by atoms with E-state index in [4.69, 9.17) is 0 Å². The quantitative estimate of drug-likeness (QED) is 0.378. The SMILES string of the molecule is C.C.C.CS(=O)(=O)n1cc2c(n1)C[N-]C2.CS(=O)(=O)n1cc2c(n1)C[N-]C2.CS(=O)(=O)n1ncc2c1C[N-]C2.[W].[W].[W]. The van der Waals surface area contributed by atoms with E-state index in [1.807, 2.05) is 0 Å². The molecule has 0 fully saturated rings. The molecule has 3 aromatic heterocycles. The molecule has 0 radical (unpaired) electrons. The van der Waals surface area contributed by atoms with Crippen LogP contribution in [0.25, 0.3) is 16.0 Å². The Morgan fingerprint density at radius 2 is 0.976 bits per heavy atom. The minimum Gasteiger partial charge on any atom is -0.653 e. The van der Waals surface area contributed by atoms with E-state index >= 15 is 0 Å². The van der Waals surface area contributed by atoms with E-state index in [9.17, 15) is 25.3 Å². The molecule has 0 saturated heterocycles. The predicted octanol–water partition coefficient (Wildman–Crippen LogP) is 2.14. The van der Waals surface area contributed by atoms with Crippen molar-refractivity contribution < 1.29 is 88.4 Å². The molecule has 0 N–H and O–H groups in total. The van der Waals surface area contributed by atoms with Crippen molar-refractivity contribution in [3.8, 4) is 0 Å². The average molecular weight is 1160 g/mol. The first-order valence-electron chi connectivity index (χ1n) is 10.5. The Kier molecular flexibility index (Phi) is 19.4. The number of fused-ring (bicyclic) bond motifs is 3. The molecule has 0 aromatic carbocycles. The van der Waals surface area contributed by atoms with Crippen molar-refractivity contribution in [3.63, 3.8) is 0 Å². The van der Waals surface area contributed by atoms with E-state index < -0.39 is 30.1 Å². The van der Waals surface area contributed by atoms with Gasteiger partial charge in [-0.3, -0.25) is 0 Å². The second kappa shape index (κ2) is 17.8. The van der Waals surface area contributed by atoms with Gasteiger partial charge in [0.15, 0.2) is 0 Å². The molecule has 3 aliphatic rings. The van der Waals surface area contributed by atoms with Crippen molar-refractivity contribution in [2.45, 2.75) is 61.5 Å². The van der Waals surface area contributed by atoms with Crippen LogP contribution in [0.2, 0.25) is 0 Å². The van der Waals surface area contributed by atoms with E-state index in [0.717, 1.165) is 59.1 Å². The smallest absolute Gasteiger partial charge is 0.251 e. The summed E-state index contributed by atoms with van der Waals surface area (Å²) in [6, 6.07) is 0. The third kappa shape index (κ3) is 11.1. The van der Waals surface area contributed by atoms with Crippen LogP contribution < -0.4 is 0 Å². The van der Waals surface area contributed by atoms with Gasteiger partial charge in [-0.2, -0.15) is 27.6 Å². The molecule has 240 valence electrons. The van der Waals surface area contributed by atoms with Gasteiger partial charge < -0.3 is 16.0 Å². The molecule has 0 bridgehead atoms. The normalized spacial score (nSPS) is 14.1. The van der Waals surface area contributed by atoms with Gasteiger partial charge >= 0.3 is 0 Å². The summed E-state index contributed by atoms with van der Waals surface area (Å²) < 4.78 is 69.3. The Hall–Kier alpha value is -0.575. The minimum absolute atomic E-state index is 0. The Balaban J connectivity index is -0.000000507. The fourth-order valence-electron chi connectivity index (χ4n) is 3.53. The largest absolute Gasteiger partial charge is 0.653 e. The molecule has 6 rings (SSSR count). The van der Waals surface area contributed by atoms with Gasteiger partial charge in [0.1, 0.15) is 0 Å². The van der Waals surface area contributed by atoms with Crippen molar-refractivity contribution in [3.05, 3.63) is 68.3 Å². The van der Waals surface area contributed by atoms with Crippen LogP contribution >= 0.6 is 0 Å². The maximum Gasteiger partial charge on any atom is 0.251 e. The predicted molar refractivity (Wildman–Crippen MR) is 150 cm³/mol. The molecular weight excluding hydrogens is 1120 g/mol. The van der Waals surface area contributed by atoms with Crippen LogP contribution in [0.3, 0.4) is 0 Å². The van der Waals surface area contributed by atoms with Crippen LogP contribution in [0.5, 0.6) is 0 Å². The zero-order valence-corrected chi connectivity index (χ0v) is 32.1. The molecule has 42 heavy (non-hydrogen) atoms. The van der Waals surface area contributed by atoms with E-state index in [1.54, 1.807) is 6.20 Å². The van der Waals surface area contributed by atoms with Crippen molar-refractivity contribution in [2.75, 3.05) is 18.8 Å². The van der Waals surface area contributed by atoms with Gasteiger partial charge in [0.25, 0.3) is 30.1 Å². The van der Waals surface area contributed by atoms with Gasteiger partial charge in [0.05, 0.1) is 25.0 Å². The second-order valence-corrected chi connectivity index (χ2v) is 13.8. The topological polar surface area (TPSA) is 198 Å². The van der Waals surface area contributed by atoms with Crippen molar-refractivity contribution >= 4 is 30.1 Å². The summed E-state index contributed by atoms with van der Waals surface area (Å²) in [5, 5.41) is 23.8. The van der Waals surface area contributed by atoms with E-state index in [1.165, 1.54) is 12.4 Å². The van der Waals surface area contributed by atoms with Gasteiger partial charge in [0.2, 0.25) is 0 Å². The summed E-state index contributed by atoms with van der Waals surface area (Å²) in [7, 11) is -9.67. The van der Waals surface area contributed by atoms with Crippen LogP contribution in [-0.2, 0) is 133 Å². The number of aromatic nitrogens is 6. The number of nitrogens with zero attached hydrogens (tertiary/aromatic N) is 9. The minimum atomic E-state index is -3.24. The Morgan fingerprint density at radius 1 is 0.595 bits per heavy atom. The summed E-state index contributed by atoms with van der Waals surface area (Å²) in [4.78, 5) is 0. The zero-order chi connectivity index (χ0) is 26.3. The molecule has 0 unspecified atom stereocenters. The molecule has 0 amide bonds. The van der Waals surface area contributed by atoms with Crippen LogP contribution in [0.15, 0.2) is 18.6 Å². The van der Waals surface area contributed by atoms with Gasteiger partial charge in [-0.15, -0.1) is 39.3 Å². The van der Waals surface area contributed by atoms with Crippen molar-refractivity contribution in [2.24, 2.45) is 0 Å². The monoisotopic (exact) mass is 1160 g/mol. The molecule has 0 saturated carbocycles. The van der Waals surface area contributed by atoms with Gasteiger partial charge in [-0.1, -0.05) is 22.3 Å². The third-order valence-corrected chi connectivity index (χ3v) is 7.93.